The monoisotopic (exact) mass is 388 g/mol. The van der Waals surface area contributed by atoms with Gasteiger partial charge in [-0.2, -0.15) is 4.31 Å². The Kier molecular flexibility index (Phi) is 4.56. The Morgan fingerprint density at radius 2 is 1.88 bits per heavy atom. The van der Waals surface area contributed by atoms with Gasteiger partial charge in [0, 0.05) is 18.1 Å². The van der Waals surface area contributed by atoms with Crippen LogP contribution in [0.15, 0.2) is 65.7 Å². The van der Waals surface area contributed by atoms with E-state index < -0.39 is 10.0 Å². The highest BCUT2D eigenvalue weighted by molar-refractivity contribution is 7.89. The quantitative estimate of drug-likeness (QED) is 0.683. The number of halogens is 1. The number of aromatic nitrogens is 1. The van der Waals surface area contributed by atoms with Crippen molar-refractivity contribution in [2.24, 2.45) is 0 Å². The summed E-state index contributed by atoms with van der Waals surface area (Å²) < 4.78 is 33.2. The molecule has 1 atom stereocenters. The molecule has 0 radical (unpaired) electrons. The second-order valence-corrected chi connectivity index (χ2v) is 8.47. The molecule has 0 aliphatic carbocycles. The van der Waals surface area contributed by atoms with Crippen LogP contribution in [0.25, 0.3) is 10.9 Å². The first-order chi connectivity index (χ1) is 12.6. The number of para-hydroxylation sites is 1. The SMILES string of the molecule is O=S(=O)(c1ccccc1Cl)N1CC[C@@H](Oc2cccc3cccnc23)C1. The number of sulfonamides is 1. The van der Waals surface area contributed by atoms with Crippen LogP contribution in [0.3, 0.4) is 0 Å². The molecule has 0 unspecified atom stereocenters. The van der Waals surface area contributed by atoms with Gasteiger partial charge in [-0.25, -0.2) is 8.42 Å². The van der Waals surface area contributed by atoms with E-state index in [2.05, 4.69) is 4.98 Å². The fraction of sp³-hybridized carbons (Fsp3) is 0.211. The lowest BCUT2D eigenvalue weighted by molar-refractivity contribution is 0.218. The molecular weight excluding hydrogens is 372 g/mol. The third kappa shape index (κ3) is 3.16. The molecule has 0 amide bonds. The smallest absolute Gasteiger partial charge is 0.244 e. The average molecular weight is 389 g/mol. The van der Waals surface area contributed by atoms with Crippen molar-refractivity contribution in [1.29, 1.82) is 0 Å². The van der Waals surface area contributed by atoms with Crippen molar-refractivity contribution in [3.05, 3.63) is 65.8 Å². The average Bonchev–Trinajstić information content (AvgIpc) is 3.12. The van der Waals surface area contributed by atoms with E-state index in [1.54, 1.807) is 24.4 Å². The molecule has 1 aliphatic rings. The van der Waals surface area contributed by atoms with E-state index in [0.717, 1.165) is 10.9 Å². The summed E-state index contributed by atoms with van der Waals surface area (Å²) in [6, 6.07) is 16.1. The Balaban J connectivity index is 1.55. The van der Waals surface area contributed by atoms with Gasteiger partial charge >= 0.3 is 0 Å². The predicted octanol–water partition coefficient (Wildman–Crippen LogP) is 3.73. The molecule has 4 rings (SSSR count). The van der Waals surface area contributed by atoms with Gasteiger partial charge in [0.15, 0.2) is 0 Å². The van der Waals surface area contributed by atoms with Crippen LogP contribution in [0.4, 0.5) is 0 Å². The van der Waals surface area contributed by atoms with Gasteiger partial charge in [0.25, 0.3) is 0 Å². The number of rotatable bonds is 4. The van der Waals surface area contributed by atoms with Crippen molar-refractivity contribution in [2.75, 3.05) is 13.1 Å². The zero-order chi connectivity index (χ0) is 18.1. The first-order valence-electron chi connectivity index (χ1n) is 8.31. The summed E-state index contributed by atoms with van der Waals surface area (Å²) in [5.74, 6) is 0.671. The highest BCUT2D eigenvalue weighted by Crippen LogP contribution is 2.30. The first kappa shape index (κ1) is 17.3. The minimum Gasteiger partial charge on any atom is -0.487 e. The van der Waals surface area contributed by atoms with Crippen molar-refractivity contribution in [3.63, 3.8) is 0 Å². The van der Waals surface area contributed by atoms with E-state index in [1.807, 2.05) is 30.3 Å². The van der Waals surface area contributed by atoms with Crippen molar-refractivity contribution in [2.45, 2.75) is 17.4 Å². The summed E-state index contributed by atoms with van der Waals surface area (Å²) in [6.07, 6.45) is 2.12. The highest BCUT2D eigenvalue weighted by Gasteiger charge is 2.34. The van der Waals surface area contributed by atoms with Crippen LogP contribution < -0.4 is 4.74 Å². The summed E-state index contributed by atoms with van der Waals surface area (Å²) >= 11 is 6.07. The molecule has 5 nitrogen and oxygen atoms in total. The molecule has 0 spiro atoms. The second-order valence-electron chi connectivity index (χ2n) is 6.15. The maximum atomic E-state index is 12.8. The topological polar surface area (TPSA) is 59.5 Å². The Morgan fingerprint density at radius 3 is 2.73 bits per heavy atom. The van der Waals surface area contributed by atoms with Gasteiger partial charge in [0.05, 0.1) is 11.6 Å². The minimum absolute atomic E-state index is 0.133. The number of hydrogen-bond donors (Lipinski definition) is 0. The Hall–Kier alpha value is -2.15. The minimum atomic E-state index is -3.63. The van der Waals surface area contributed by atoms with E-state index in [4.69, 9.17) is 16.3 Å². The van der Waals surface area contributed by atoms with Crippen molar-refractivity contribution in [3.8, 4) is 5.75 Å². The predicted molar refractivity (Wildman–Crippen MR) is 101 cm³/mol. The number of hydrogen-bond acceptors (Lipinski definition) is 4. The molecule has 134 valence electrons. The van der Waals surface area contributed by atoms with Crippen molar-refractivity contribution >= 4 is 32.5 Å². The zero-order valence-corrected chi connectivity index (χ0v) is 15.4. The highest BCUT2D eigenvalue weighted by atomic mass is 35.5. The van der Waals surface area contributed by atoms with Crippen molar-refractivity contribution in [1.82, 2.24) is 9.29 Å². The van der Waals surface area contributed by atoms with Gasteiger partial charge in [-0.15, -0.1) is 0 Å². The summed E-state index contributed by atoms with van der Waals surface area (Å²) in [7, 11) is -3.63. The normalized spacial score (nSPS) is 18.3. The third-order valence-corrected chi connectivity index (χ3v) is 6.82. The molecule has 0 saturated carbocycles. The van der Waals surface area contributed by atoms with Gasteiger partial charge in [-0.05, 0) is 30.7 Å². The molecule has 3 aromatic rings. The molecule has 1 aromatic heterocycles. The van der Waals surface area contributed by atoms with Crippen LogP contribution in [-0.2, 0) is 10.0 Å². The van der Waals surface area contributed by atoms with E-state index in [9.17, 15) is 8.42 Å². The molecule has 1 aliphatic heterocycles. The standard InChI is InChI=1S/C19H17ClN2O3S/c20-16-7-1-2-9-18(16)26(23,24)22-12-10-15(13-22)25-17-8-3-5-14-6-4-11-21-19(14)17/h1-9,11,15H,10,12-13H2/t15-/m1/s1. The number of pyridine rings is 1. The van der Waals surface area contributed by atoms with E-state index in [-0.39, 0.29) is 22.6 Å². The van der Waals surface area contributed by atoms with Crippen LogP contribution in [0.2, 0.25) is 5.02 Å². The van der Waals surface area contributed by atoms with Gasteiger partial charge in [-0.3, -0.25) is 4.98 Å². The number of fused-ring (bicyclic) bond motifs is 1. The lowest BCUT2D eigenvalue weighted by Gasteiger charge is -2.18. The Morgan fingerprint density at radius 1 is 1.08 bits per heavy atom. The van der Waals surface area contributed by atoms with Crippen molar-refractivity contribution < 1.29 is 13.2 Å². The maximum Gasteiger partial charge on any atom is 0.244 e. The summed E-state index contributed by atoms with van der Waals surface area (Å²) in [4.78, 5) is 4.51. The van der Waals surface area contributed by atoms with E-state index in [1.165, 1.54) is 10.4 Å². The third-order valence-electron chi connectivity index (χ3n) is 4.45. The number of benzene rings is 2. The molecule has 1 fully saturated rings. The van der Waals surface area contributed by atoms with Crippen LogP contribution in [0.5, 0.6) is 5.75 Å². The van der Waals surface area contributed by atoms with Gasteiger partial charge in [-0.1, -0.05) is 41.9 Å². The van der Waals surface area contributed by atoms with Gasteiger partial charge < -0.3 is 4.74 Å². The fourth-order valence-electron chi connectivity index (χ4n) is 3.16. The van der Waals surface area contributed by atoms with Crippen LogP contribution in [0, 0.1) is 0 Å². The second kappa shape index (κ2) is 6.87. The molecule has 7 heteroatoms. The lowest BCUT2D eigenvalue weighted by atomic mass is 10.2. The maximum absolute atomic E-state index is 12.8. The molecule has 2 aromatic carbocycles. The molecule has 1 saturated heterocycles. The molecule has 0 bridgehead atoms. The van der Waals surface area contributed by atoms with Crippen LogP contribution >= 0.6 is 11.6 Å². The number of nitrogens with zero attached hydrogens (tertiary/aromatic N) is 2. The summed E-state index contributed by atoms with van der Waals surface area (Å²) in [5, 5.41) is 1.22. The lowest BCUT2D eigenvalue weighted by Crippen LogP contribution is -2.31. The Labute approximate surface area is 157 Å². The fourth-order valence-corrected chi connectivity index (χ4v) is 5.14. The molecule has 26 heavy (non-hydrogen) atoms. The van der Waals surface area contributed by atoms with Crippen LogP contribution in [0.1, 0.15) is 6.42 Å². The van der Waals surface area contributed by atoms with Gasteiger partial charge in [0.1, 0.15) is 22.3 Å². The largest absolute Gasteiger partial charge is 0.487 e. The van der Waals surface area contributed by atoms with Gasteiger partial charge in [0.2, 0.25) is 10.0 Å². The van der Waals surface area contributed by atoms with E-state index in [0.29, 0.717) is 18.7 Å². The molecular formula is C19H17ClN2O3S. The molecule has 0 N–H and O–H groups in total. The molecule has 2 heterocycles. The van der Waals surface area contributed by atoms with Crippen LogP contribution in [-0.4, -0.2) is 36.9 Å². The number of ether oxygens (including phenoxy) is 1. The first-order valence-corrected chi connectivity index (χ1v) is 10.1. The zero-order valence-electron chi connectivity index (χ0n) is 13.9. The van der Waals surface area contributed by atoms with E-state index >= 15 is 0 Å². The summed E-state index contributed by atoms with van der Waals surface area (Å²) in [5.41, 5.74) is 0.780. The summed E-state index contributed by atoms with van der Waals surface area (Å²) in [6.45, 7) is 0.688. The Bertz CT molecular complexity index is 1050.